The number of hydrogen-bond donors (Lipinski definition) is 0. The number of amides is 1. The van der Waals surface area contributed by atoms with E-state index in [1.54, 1.807) is 20.4 Å². The molecule has 1 aromatic heterocycles. The molecule has 1 amide bonds. The molecule has 7 heteroatoms. The first-order chi connectivity index (χ1) is 15.5. The minimum absolute atomic E-state index is 0.238. The zero-order chi connectivity index (χ0) is 22.7. The number of hydrazone groups is 1. The molecule has 0 aliphatic carbocycles. The Morgan fingerprint density at radius 1 is 0.969 bits per heavy atom. The molecule has 4 rings (SSSR count). The Morgan fingerprint density at radius 3 is 2.38 bits per heavy atom. The summed E-state index contributed by atoms with van der Waals surface area (Å²) in [7, 11) is 3.24. The maximum Gasteiger partial charge on any atom is 0.281 e. The number of hydrogen-bond acceptors (Lipinski definition) is 6. The van der Waals surface area contributed by atoms with E-state index in [-0.39, 0.29) is 5.91 Å². The summed E-state index contributed by atoms with van der Waals surface area (Å²) in [5.74, 6) is 1.26. The van der Waals surface area contributed by atoms with Crippen LogP contribution in [0.4, 0.5) is 5.13 Å². The van der Waals surface area contributed by atoms with Crippen molar-refractivity contribution in [1.29, 1.82) is 0 Å². The third-order valence-electron chi connectivity index (χ3n) is 5.01. The van der Waals surface area contributed by atoms with Crippen molar-refractivity contribution in [1.82, 2.24) is 4.98 Å². The zero-order valence-electron chi connectivity index (χ0n) is 18.3. The molecule has 6 nitrogen and oxygen atoms in total. The predicted octanol–water partition coefficient (Wildman–Crippen LogP) is 5.61. The van der Waals surface area contributed by atoms with Crippen LogP contribution in [0, 0.1) is 13.8 Å². The second-order valence-corrected chi connectivity index (χ2v) is 8.29. The van der Waals surface area contributed by atoms with E-state index in [0.29, 0.717) is 10.7 Å². The summed E-state index contributed by atoms with van der Waals surface area (Å²) in [5, 5.41) is 6.38. The molecule has 0 aliphatic heterocycles. The van der Waals surface area contributed by atoms with Gasteiger partial charge in [-0.05, 0) is 73.5 Å². The van der Waals surface area contributed by atoms with Crippen LogP contribution in [0.5, 0.6) is 11.5 Å². The minimum Gasteiger partial charge on any atom is -0.497 e. The number of carbonyl (C=O) groups excluding carboxylic acids is 1. The van der Waals surface area contributed by atoms with Crippen molar-refractivity contribution in [2.75, 3.05) is 19.2 Å². The highest BCUT2D eigenvalue weighted by Crippen LogP contribution is 2.32. The van der Waals surface area contributed by atoms with Gasteiger partial charge < -0.3 is 9.47 Å². The van der Waals surface area contributed by atoms with E-state index in [2.05, 4.69) is 10.1 Å². The van der Waals surface area contributed by atoms with Gasteiger partial charge in [-0.3, -0.25) is 4.79 Å². The average molecular weight is 446 g/mol. The second-order valence-electron chi connectivity index (χ2n) is 7.28. The largest absolute Gasteiger partial charge is 0.497 e. The summed E-state index contributed by atoms with van der Waals surface area (Å²) in [6.45, 7) is 3.93. The molecule has 4 aromatic rings. The maximum atomic E-state index is 13.5. The third kappa shape index (κ3) is 4.48. The van der Waals surface area contributed by atoms with E-state index in [9.17, 15) is 4.79 Å². The van der Waals surface area contributed by atoms with Gasteiger partial charge in [0, 0.05) is 5.56 Å². The number of carbonyl (C=O) groups is 1. The highest BCUT2D eigenvalue weighted by atomic mass is 32.1. The van der Waals surface area contributed by atoms with E-state index in [0.717, 1.165) is 38.4 Å². The van der Waals surface area contributed by atoms with Gasteiger partial charge in [-0.25, -0.2) is 4.98 Å². The Bertz CT molecular complexity index is 1300. The normalized spacial score (nSPS) is 11.1. The highest BCUT2D eigenvalue weighted by molar-refractivity contribution is 7.22. The van der Waals surface area contributed by atoms with Crippen LogP contribution in [-0.2, 0) is 0 Å². The number of nitrogens with zero attached hydrogens (tertiary/aromatic N) is 3. The molecule has 0 unspecified atom stereocenters. The van der Waals surface area contributed by atoms with Gasteiger partial charge >= 0.3 is 0 Å². The van der Waals surface area contributed by atoms with Crippen molar-refractivity contribution in [3.63, 3.8) is 0 Å². The monoisotopic (exact) mass is 445 g/mol. The molecule has 0 fully saturated rings. The molecular weight excluding hydrogens is 422 g/mol. The molecule has 0 atom stereocenters. The Morgan fingerprint density at radius 2 is 1.69 bits per heavy atom. The van der Waals surface area contributed by atoms with Gasteiger partial charge in [-0.2, -0.15) is 10.1 Å². The van der Waals surface area contributed by atoms with Gasteiger partial charge in [0.1, 0.15) is 11.5 Å². The maximum absolute atomic E-state index is 13.5. The van der Waals surface area contributed by atoms with Crippen LogP contribution < -0.4 is 14.5 Å². The quantitative estimate of drug-likeness (QED) is 0.286. The Balaban J connectivity index is 1.76. The number of benzene rings is 3. The van der Waals surface area contributed by atoms with E-state index in [4.69, 9.17) is 9.47 Å². The van der Waals surface area contributed by atoms with Crippen molar-refractivity contribution < 1.29 is 14.3 Å². The lowest BCUT2D eigenvalue weighted by Crippen LogP contribution is -2.26. The molecule has 1 heterocycles. The van der Waals surface area contributed by atoms with Gasteiger partial charge in [-0.1, -0.05) is 29.0 Å². The molecular formula is C25H23N3O3S. The van der Waals surface area contributed by atoms with Gasteiger partial charge in [0.05, 0.1) is 30.7 Å². The van der Waals surface area contributed by atoms with Crippen molar-refractivity contribution >= 4 is 38.8 Å². The van der Waals surface area contributed by atoms with E-state index >= 15 is 0 Å². The summed E-state index contributed by atoms with van der Waals surface area (Å²) < 4.78 is 11.4. The fraction of sp³-hybridized carbons (Fsp3) is 0.160. The predicted molar refractivity (Wildman–Crippen MR) is 129 cm³/mol. The molecule has 0 spiro atoms. The van der Waals surface area contributed by atoms with E-state index in [1.165, 1.54) is 16.3 Å². The number of ether oxygens (including phenoxy) is 2. The fourth-order valence-electron chi connectivity index (χ4n) is 3.28. The molecule has 0 radical (unpaired) electrons. The van der Waals surface area contributed by atoms with E-state index in [1.807, 2.05) is 74.5 Å². The van der Waals surface area contributed by atoms with Crippen LogP contribution in [0.1, 0.15) is 27.0 Å². The number of thiazole rings is 1. The van der Waals surface area contributed by atoms with E-state index < -0.39 is 0 Å². The van der Waals surface area contributed by atoms with Crippen LogP contribution in [-0.4, -0.2) is 31.3 Å². The summed E-state index contributed by atoms with van der Waals surface area (Å²) in [4.78, 5) is 18.2. The van der Waals surface area contributed by atoms with Crippen molar-refractivity contribution in [2.24, 2.45) is 5.10 Å². The Labute approximate surface area is 190 Å². The standard InChI is InChI=1S/C25H23N3O3S/c1-16-5-11-21(17(2)13-16)24(29)28(26-15-18-6-8-19(30-3)9-7-18)25-27-22-12-10-20(31-4)14-23(22)32-25/h5-15H,1-4H3/b26-15+. The summed E-state index contributed by atoms with van der Waals surface area (Å²) >= 11 is 1.39. The van der Waals surface area contributed by atoms with Gasteiger partial charge in [0.15, 0.2) is 0 Å². The lowest BCUT2D eigenvalue weighted by atomic mass is 10.1. The molecule has 0 N–H and O–H groups in total. The summed E-state index contributed by atoms with van der Waals surface area (Å²) in [6.07, 6.45) is 1.65. The zero-order valence-corrected chi connectivity index (χ0v) is 19.1. The SMILES string of the molecule is COc1ccc(/C=N/N(C(=O)c2ccc(C)cc2C)c2nc3ccc(OC)cc3s2)cc1. The first-order valence-corrected chi connectivity index (χ1v) is 10.8. The number of fused-ring (bicyclic) bond motifs is 1. The molecule has 0 aliphatic rings. The third-order valence-corrected chi connectivity index (χ3v) is 6.00. The molecule has 0 bridgehead atoms. The first-order valence-electron chi connectivity index (χ1n) is 10.0. The van der Waals surface area contributed by atoms with Crippen LogP contribution in [0.15, 0.2) is 65.8 Å². The molecule has 0 saturated heterocycles. The Hall–Kier alpha value is -3.71. The number of aromatic nitrogens is 1. The van der Waals surface area contributed by atoms with Crippen molar-refractivity contribution in [3.05, 3.63) is 82.9 Å². The first kappa shape index (κ1) is 21.5. The number of aryl methyl sites for hydroxylation is 2. The lowest BCUT2D eigenvalue weighted by Gasteiger charge is -2.15. The van der Waals surface area contributed by atoms with Crippen LogP contribution in [0.2, 0.25) is 0 Å². The van der Waals surface area contributed by atoms with Gasteiger partial charge in [0.25, 0.3) is 5.91 Å². The van der Waals surface area contributed by atoms with Crippen molar-refractivity contribution in [2.45, 2.75) is 13.8 Å². The number of rotatable bonds is 6. The second kappa shape index (κ2) is 9.20. The highest BCUT2D eigenvalue weighted by Gasteiger charge is 2.22. The molecule has 32 heavy (non-hydrogen) atoms. The summed E-state index contributed by atoms with van der Waals surface area (Å²) in [6, 6.07) is 18.8. The average Bonchev–Trinajstić information content (AvgIpc) is 3.22. The smallest absolute Gasteiger partial charge is 0.281 e. The van der Waals surface area contributed by atoms with Crippen LogP contribution >= 0.6 is 11.3 Å². The fourth-order valence-corrected chi connectivity index (χ4v) is 4.23. The van der Waals surface area contributed by atoms with Gasteiger partial charge in [0.2, 0.25) is 5.13 Å². The van der Waals surface area contributed by atoms with Crippen LogP contribution in [0.25, 0.3) is 10.2 Å². The number of methoxy groups -OCH3 is 2. The van der Waals surface area contributed by atoms with Crippen LogP contribution in [0.3, 0.4) is 0 Å². The molecule has 3 aromatic carbocycles. The molecule has 0 saturated carbocycles. The van der Waals surface area contributed by atoms with Gasteiger partial charge in [-0.15, -0.1) is 0 Å². The minimum atomic E-state index is -0.238. The topological polar surface area (TPSA) is 64.0 Å². The lowest BCUT2D eigenvalue weighted by molar-refractivity contribution is 0.0987. The molecule has 162 valence electrons. The summed E-state index contributed by atoms with van der Waals surface area (Å²) in [5.41, 5.74) is 4.19. The Kier molecular flexibility index (Phi) is 6.18. The van der Waals surface area contributed by atoms with Crippen molar-refractivity contribution in [3.8, 4) is 11.5 Å². The number of anilines is 1.